The van der Waals surface area contributed by atoms with Crippen LogP contribution >= 0.6 is 11.6 Å². The highest BCUT2D eigenvalue weighted by Gasteiger charge is 2.12. The van der Waals surface area contributed by atoms with Gasteiger partial charge in [-0.2, -0.15) is 0 Å². The Balaban J connectivity index is 2.70. The second-order valence-corrected chi connectivity index (χ2v) is 4.50. The van der Waals surface area contributed by atoms with Gasteiger partial charge in [-0.25, -0.2) is 0 Å². The van der Waals surface area contributed by atoms with Crippen molar-refractivity contribution in [2.24, 2.45) is 0 Å². The molecule has 0 radical (unpaired) electrons. The van der Waals surface area contributed by atoms with Crippen LogP contribution in [0.4, 0.5) is 0 Å². The molecule has 0 fully saturated rings. The van der Waals surface area contributed by atoms with Gasteiger partial charge in [0.15, 0.2) is 0 Å². The Labute approximate surface area is 102 Å². The fraction of sp³-hybridized carbons (Fsp3) is 0.385. The zero-order valence-electron chi connectivity index (χ0n) is 9.80. The number of benzene rings is 1. The average Bonchev–Trinajstić information content (AvgIpc) is 2.27. The average molecular weight is 238 g/mol. The number of halogens is 1. The predicted molar refractivity (Wildman–Crippen MR) is 67.8 cm³/mol. The third-order valence-corrected chi connectivity index (χ3v) is 2.61. The van der Waals surface area contributed by atoms with E-state index in [-0.39, 0.29) is 5.54 Å². The van der Waals surface area contributed by atoms with Crippen LogP contribution in [-0.4, -0.2) is 12.6 Å². The second kappa shape index (κ2) is 5.25. The fourth-order valence-corrected chi connectivity index (χ4v) is 1.47. The summed E-state index contributed by atoms with van der Waals surface area (Å²) in [4.78, 5) is 0. The molecule has 0 atom stereocenters. The number of hydrogen-bond acceptors (Lipinski definition) is 2. The molecule has 0 aliphatic rings. The molecule has 0 amide bonds. The molecule has 0 unspecified atom stereocenters. The van der Waals surface area contributed by atoms with Crippen molar-refractivity contribution in [2.75, 3.05) is 7.11 Å². The van der Waals surface area contributed by atoms with Gasteiger partial charge in [-0.05, 0) is 31.5 Å². The molecule has 1 aromatic carbocycles. The van der Waals surface area contributed by atoms with Crippen LogP contribution < -0.4 is 10.1 Å². The zero-order chi connectivity index (χ0) is 12.2. The summed E-state index contributed by atoms with van der Waals surface area (Å²) >= 11 is 6.02. The Kier molecular flexibility index (Phi) is 4.23. The van der Waals surface area contributed by atoms with Crippen LogP contribution in [0.25, 0.3) is 0 Å². The molecule has 1 rings (SSSR count). The molecule has 2 nitrogen and oxygen atoms in total. The second-order valence-electron chi connectivity index (χ2n) is 4.09. The molecular weight excluding hydrogens is 222 g/mol. The third-order valence-electron chi connectivity index (χ3n) is 2.31. The highest BCUT2D eigenvalue weighted by Crippen LogP contribution is 2.24. The van der Waals surface area contributed by atoms with Crippen molar-refractivity contribution in [3.63, 3.8) is 0 Å². The maximum Gasteiger partial charge on any atom is 0.137 e. The molecule has 86 valence electrons. The monoisotopic (exact) mass is 237 g/mol. The molecule has 3 heteroatoms. The first-order chi connectivity index (χ1) is 7.48. The van der Waals surface area contributed by atoms with E-state index in [1.54, 1.807) is 7.11 Å². The summed E-state index contributed by atoms with van der Waals surface area (Å²) in [7, 11) is 1.60. The molecule has 0 heterocycles. The summed E-state index contributed by atoms with van der Waals surface area (Å²) in [5, 5.41) is 3.87. The van der Waals surface area contributed by atoms with E-state index in [4.69, 9.17) is 22.8 Å². The van der Waals surface area contributed by atoms with Crippen molar-refractivity contribution in [1.82, 2.24) is 5.32 Å². The molecule has 0 bridgehead atoms. The number of hydrogen-bond donors (Lipinski definition) is 1. The van der Waals surface area contributed by atoms with Gasteiger partial charge in [0.2, 0.25) is 0 Å². The van der Waals surface area contributed by atoms with E-state index in [0.717, 1.165) is 5.56 Å². The lowest BCUT2D eigenvalue weighted by atomic mass is 10.1. The van der Waals surface area contributed by atoms with E-state index in [1.165, 1.54) is 0 Å². The summed E-state index contributed by atoms with van der Waals surface area (Å²) in [6.45, 7) is 4.59. The topological polar surface area (TPSA) is 21.3 Å². The summed E-state index contributed by atoms with van der Waals surface area (Å²) in [5.74, 6) is 3.36. The molecule has 0 aliphatic carbocycles. The normalized spacial score (nSPS) is 10.9. The minimum atomic E-state index is -0.313. The molecule has 0 aromatic heterocycles. The molecule has 1 aromatic rings. The van der Waals surface area contributed by atoms with Gasteiger partial charge in [0.05, 0.1) is 17.7 Å². The lowest BCUT2D eigenvalue weighted by molar-refractivity contribution is 0.414. The van der Waals surface area contributed by atoms with Crippen molar-refractivity contribution in [3.8, 4) is 18.1 Å². The zero-order valence-corrected chi connectivity index (χ0v) is 10.6. The SMILES string of the molecule is C#CC(C)(C)NCc1ccc(OC)c(Cl)c1. The van der Waals surface area contributed by atoms with Gasteiger partial charge in [-0.15, -0.1) is 6.42 Å². The Morgan fingerprint density at radius 1 is 1.50 bits per heavy atom. The van der Waals surface area contributed by atoms with E-state index in [9.17, 15) is 0 Å². The van der Waals surface area contributed by atoms with Crippen molar-refractivity contribution >= 4 is 11.6 Å². The molecule has 0 saturated carbocycles. The van der Waals surface area contributed by atoms with Crippen molar-refractivity contribution in [1.29, 1.82) is 0 Å². The number of terminal acetylenes is 1. The Morgan fingerprint density at radius 2 is 2.19 bits per heavy atom. The van der Waals surface area contributed by atoms with Crippen LogP contribution in [0.1, 0.15) is 19.4 Å². The summed E-state index contributed by atoms with van der Waals surface area (Å²) in [6, 6.07) is 5.69. The minimum Gasteiger partial charge on any atom is -0.495 e. The quantitative estimate of drug-likeness (QED) is 0.814. The Bertz CT molecular complexity index is 407. The van der Waals surface area contributed by atoms with Crippen LogP contribution in [0, 0.1) is 12.3 Å². The number of nitrogens with one attached hydrogen (secondary N) is 1. The highest BCUT2D eigenvalue weighted by molar-refractivity contribution is 6.32. The van der Waals surface area contributed by atoms with Gasteiger partial charge in [-0.3, -0.25) is 5.32 Å². The summed E-state index contributed by atoms with van der Waals surface area (Å²) in [5.41, 5.74) is 0.765. The van der Waals surface area contributed by atoms with Crippen LogP contribution in [0.2, 0.25) is 5.02 Å². The van der Waals surface area contributed by atoms with E-state index in [1.807, 2.05) is 32.0 Å². The van der Waals surface area contributed by atoms with E-state index in [2.05, 4.69) is 11.2 Å². The van der Waals surface area contributed by atoms with Crippen LogP contribution in [-0.2, 0) is 6.54 Å². The largest absolute Gasteiger partial charge is 0.495 e. The maximum atomic E-state index is 6.02. The van der Waals surface area contributed by atoms with Gasteiger partial charge >= 0.3 is 0 Å². The van der Waals surface area contributed by atoms with Gasteiger partial charge in [-0.1, -0.05) is 23.6 Å². The van der Waals surface area contributed by atoms with Gasteiger partial charge in [0.25, 0.3) is 0 Å². The molecular formula is C13H16ClNO. The summed E-state index contributed by atoms with van der Waals surface area (Å²) in [6.07, 6.45) is 5.39. The standard InChI is InChI=1S/C13H16ClNO/c1-5-13(2,3)15-9-10-6-7-12(16-4)11(14)8-10/h1,6-8,15H,9H2,2-4H3. The first-order valence-electron chi connectivity index (χ1n) is 5.04. The van der Waals surface area contributed by atoms with E-state index < -0.39 is 0 Å². The lowest BCUT2D eigenvalue weighted by Gasteiger charge is -2.19. The predicted octanol–water partition coefficient (Wildman–Crippen LogP) is 2.85. The molecule has 0 aliphatic heterocycles. The molecule has 1 N–H and O–H groups in total. The Morgan fingerprint density at radius 3 is 2.69 bits per heavy atom. The highest BCUT2D eigenvalue weighted by atomic mass is 35.5. The first-order valence-corrected chi connectivity index (χ1v) is 5.41. The minimum absolute atomic E-state index is 0.313. The van der Waals surface area contributed by atoms with E-state index in [0.29, 0.717) is 17.3 Å². The van der Waals surface area contributed by atoms with Crippen molar-refractivity contribution in [2.45, 2.75) is 25.9 Å². The van der Waals surface area contributed by atoms with Crippen molar-refractivity contribution < 1.29 is 4.74 Å². The molecule has 0 spiro atoms. The fourth-order valence-electron chi connectivity index (χ4n) is 1.19. The van der Waals surface area contributed by atoms with Crippen LogP contribution in [0.15, 0.2) is 18.2 Å². The number of rotatable bonds is 4. The van der Waals surface area contributed by atoms with Crippen LogP contribution in [0.3, 0.4) is 0 Å². The summed E-state index contributed by atoms with van der Waals surface area (Å²) < 4.78 is 5.08. The van der Waals surface area contributed by atoms with Gasteiger partial charge in [0.1, 0.15) is 5.75 Å². The maximum absolute atomic E-state index is 6.02. The lowest BCUT2D eigenvalue weighted by Crippen LogP contribution is -2.36. The smallest absolute Gasteiger partial charge is 0.137 e. The number of methoxy groups -OCH3 is 1. The van der Waals surface area contributed by atoms with E-state index >= 15 is 0 Å². The third kappa shape index (κ3) is 3.44. The van der Waals surface area contributed by atoms with Gasteiger partial charge < -0.3 is 4.74 Å². The molecule has 16 heavy (non-hydrogen) atoms. The first kappa shape index (κ1) is 12.9. The Hall–Kier alpha value is -1.17. The van der Waals surface area contributed by atoms with Crippen molar-refractivity contribution in [3.05, 3.63) is 28.8 Å². The molecule has 0 saturated heterocycles. The van der Waals surface area contributed by atoms with Crippen LogP contribution in [0.5, 0.6) is 5.75 Å². The van der Waals surface area contributed by atoms with Gasteiger partial charge in [0, 0.05) is 6.54 Å². The number of ether oxygens (including phenoxy) is 1.